The second-order valence-electron chi connectivity index (χ2n) is 5.57. The third-order valence-electron chi connectivity index (χ3n) is 3.77. The number of amides is 1. The van der Waals surface area contributed by atoms with Gasteiger partial charge in [0, 0.05) is 16.1 Å². The van der Waals surface area contributed by atoms with Gasteiger partial charge in [-0.1, -0.05) is 30.7 Å². The Bertz CT molecular complexity index is 948. The van der Waals surface area contributed by atoms with Crippen molar-refractivity contribution in [2.75, 3.05) is 17.3 Å². The van der Waals surface area contributed by atoms with Gasteiger partial charge < -0.3 is 5.32 Å². The smallest absolute Gasteiger partial charge is 0.257 e. The van der Waals surface area contributed by atoms with Crippen molar-refractivity contribution in [3.05, 3.63) is 65.2 Å². The molecule has 1 heterocycles. The summed E-state index contributed by atoms with van der Waals surface area (Å²) in [5.41, 5.74) is 2.78. The van der Waals surface area contributed by atoms with Gasteiger partial charge in [0.15, 0.2) is 0 Å². The average Bonchev–Trinajstić information content (AvgIpc) is 2.69. The Morgan fingerprint density at radius 3 is 2.67 bits per heavy atom. The molecule has 3 aromatic rings. The molecule has 0 unspecified atom stereocenters. The lowest BCUT2D eigenvalue weighted by atomic mass is 10.1. The van der Waals surface area contributed by atoms with Gasteiger partial charge in [-0.3, -0.25) is 4.79 Å². The summed E-state index contributed by atoms with van der Waals surface area (Å²) in [6.07, 6.45) is 1.96. The van der Waals surface area contributed by atoms with E-state index in [2.05, 4.69) is 22.4 Å². The number of carbonyl (C=O) groups excluding carboxylic acids is 1. The fourth-order valence-corrected chi connectivity index (χ4v) is 3.66. The van der Waals surface area contributed by atoms with Crippen LogP contribution >= 0.6 is 35.1 Å². The molecule has 1 N–H and O–H groups in total. The van der Waals surface area contributed by atoms with E-state index in [1.807, 2.05) is 48.7 Å². The summed E-state index contributed by atoms with van der Waals surface area (Å²) in [5.74, 6) is 0.712. The topological polar surface area (TPSA) is 54.9 Å². The van der Waals surface area contributed by atoms with Crippen molar-refractivity contribution in [2.45, 2.75) is 16.8 Å². The number of aromatic nitrogens is 2. The van der Waals surface area contributed by atoms with E-state index >= 15 is 0 Å². The molecule has 0 bridgehead atoms. The van der Waals surface area contributed by atoms with E-state index in [1.54, 1.807) is 35.7 Å². The molecule has 7 heteroatoms. The highest BCUT2D eigenvalue weighted by molar-refractivity contribution is 7.99. The number of nitrogens with zero attached hydrogens (tertiary/aromatic N) is 2. The van der Waals surface area contributed by atoms with Crippen molar-refractivity contribution in [2.24, 2.45) is 0 Å². The summed E-state index contributed by atoms with van der Waals surface area (Å²) in [5, 5.41) is 12.7. The summed E-state index contributed by atoms with van der Waals surface area (Å²) in [7, 11) is 0. The van der Waals surface area contributed by atoms with Gasteiger partial charge in [-0.2, -0.15) is 0 Å². The van der Waals surface area contributed by atoms with Gasteiger partial charge in [-0.15, -0.1) is 33.7 Å². The summed E-state index contributed by atoms with van der Waals surface area (Å²) in [6.45, 7) is 2.08. The maximum Gasteiger partial charge on any atom is 0.257 e. The van der Waals surface area contributed by atoms with Crippen molar-refractivity contribution in [1.82, 2.24) is 10.2 Å². The van der Waals surface area contributed by atoms with Gasteiger partial charge >= 0.3 is 0 Å². The first-order valence-corrected chi connectivity index (χ1v) is 10.9. The molecule has 0 fully saturated rings. The Morgan fingerprint density at radius 1 is 1.11 bits per heavy atom. The summed E-state index contributed by atoms with van der Waals surface area (Å²) >= 11 is 9.40. The van der Waals surface area contributed by atoms with Crippen LogP contribution in [0.3, 0.4) is 0 Å². The van der Waals surface area contributed by atoms with E-state index in [4.69, 9.17) is 11.6 Å². The minimum atomic E-state index is -0.242. The van der Waals surface area contributed by atoms with E-state index in [1.165, 1.54) is 0 Å². The standard InChI is InChI=1S/C20H18ClN3OS2/c1-3-27-19-10-9-18(23-24-19)13-5-4-6-14(11-13)22-20(25)16-12-15(26-2)7-8-17(16)21/h4-12H,3H2,1-2H3,(H,22,25). The average molecular weight is 416 g/mol. The SMILES string of the molecule is CCSc1ccc(-c2cccc(NC(=O)c3cc(SC)ccc3Cl)c2)nn1. The summed E-state index contributed by atoms with van der Waals surface area (Å²) < 4.78 is 0. The Kier molecular flexibility index (Phi) is 6.77. The molecule has 2 aromatic carbocycles. The third-order valence-corrected chi connectivity index (χ3v) is 5.62. The van der Waals surface area contributed by atoms with Gasteiger partial charge in [-0.05, 0) is 54.5 Å². The van der Waals surface area contributed by atoms with Crippen LogP contribution in [0.25, 0.3) is 11.3 Å². The molecule has 0 spiro atoms. The Hall–Kier alpha value is -2.02. The van der Waals surface area contributed by atoms with E-state index < -0.39 is 0 Å². The van der Waals surface area contributed by atoms with Gasteiger partial charge in [0.1, 0.15) is 5.03 Å². The van der Waals surface area contributed by atoms with Crippen molar-refractivity contribution in [3.8, 4) is 11.3 Å². The van der Waals surface area contributed by atoms with Gasteiger partial charge in [-0.25, -0.2) is 0 Å². The number of hydrogen-bond donors (Lipinski definition) is 1. The zero-order chi connectivity index (χ0) is 19.2. The number of nitrogens with one attached hydrogen (secondary N) is 1. The van der Waals surface area contributed by atoms with Crippen LogP contribution < -0.4 is 5.32 Å². The normalized spacial score (nSPS) is 10.6. The van der Waals surface area contributed by atoms with Crippen LogP contribution in [0.5, 0.6) is 0 Å². The fourth-order valence-electron chi connectivity index (χ4n) is 2.46. The molecule has 27 heavy (non-hydrogen) atoms. The largest absolute Gasteiger partial charge is 0.322 e. The van der Waals surface area contributed by atoms with Gasteiger partial charge in [0.05, 0.1) is 16.3 Å². The zero-order valence-corrected chi connectivity index (χ0v) is 17.3. The molecule has 0 aliphatic carbocycles. The number of benzene rings is 2. The Balaban J connectivity index is 1.80. The molecule has 138 valence electrons. The summed E-state index contributed by atoms with van der Waals surface area (Å²) in [6, 6.07) is 16.8. The Labute approximate surface area is 172 Å². The maximum atomic E-state index is 12.6. The van der Waals surface area contributed by atoms with Crippen LogP contribution in [0.4, 0.5) is 5.69 Å². The van der Waals surface area contributed by atoms with Crippen LogP contribution in [0.15, 0.2) is 64.5 Å². The Morgan fingerprint density at radius 2 is 1.96 bits per heavy atom. The molecule has 0 saturated carbocycles. The minimum Gasteiger partial charge on any atom is -0.322 e. The first-order chi connectivity index (χ1) is 13.1. The van der Waals surface area contributed by atoms with Crippen LogP contribution in [-0.4, -0.2) is 28.1 Å². The molecule has 0 radical (unpaired) electrons. The number of rotatable bonds is 6. The number of halogens is 1. The fraction of sp³-hybridized carbons (Fsp3) is 0.150. The van der Waals surface area contributed by atoms with Gasteiger partial charge in [0.25, 0.3) is 5.91 Å². The predicted molar refractivity (Wildman–Crippen MR) is 115 cm³/mol. The molecule has 1 amide bonds. The molecule has 0 saturated heterocycles. The second-order valence-corrected chi connectivity index (χ2v) is 8.14. The number of thioether (sulfide) groups is 2. The lowest BCUT2D eigenvalue weighted by molar-refractivity contribution is 0.102. The molecule has 0 aliphatic rings. The van der Waals surface area contributed by atoms with Crippen molar-refractivity contribution in [1.29, 1.82) is 0 Å². The van der Waals surface area contributed by atoms with E-state index in [0.29, 0.717) is 16.3 Å². The number of hydrogen-bond acceptors (Lipinski definition) is 5. The second kappa shape index (κ2) is 9.26. The number of carbonyl (C=O) groups is 1. The minimum absolute atomic E-state index is 0.242. The van der Waals surface area contributed by atoms with Crippen LogP contribution in [0.1, 0.15) is 17.3 Å². The lowest BCUT2D eigenvalue weighted by Crippen LogP contribution is -2.12. The predicted octanol–water partition coefficient (Wildman–Crippen LogP) is 5.88. The van der Waals surface area contributed by atoms with E-state index in [0.717, 1.165) is 26.9 Å². The lowest BCUT2D eigenvalue weighted by Gasteiger charge is -2.09. The highest BCUT2D eigenvalue weighted by atomic mass is 35.5. The van der Waals surface area contributed by atoms with Crippen LogP contribution in [0.2, 0.25) is 5.02 Å². The monoisotopic (exact) mass is 415 g/mol. The molecular weight excluding hydrogens is 398 g/mol. The first-order valence-electron chi connectivity index (χ1n) is 8.32. The van der Waals surface area contributed by atoms with Crippen molar-refractivity contribution >= 4 is 46.7 Å². The molecular formula is C20H18ClN3OS2. The number of anilines is 1. The van der Waals surface area contributed by atoms with Crippen molar-refractivity contribution in [3.63, 3.8) is 0 Å². The first kappa shape index (κ1) is 19.7. The maximum absolute atomic E-state index is 12.6. The molecule has 0 aliphatic heterocycles. The van der Waals surface area contributed by atoms with E-state index in [-0.39, 0.29) is 5.91 Å². The molecule has 0 atom stereocenters. The van der Waals surface area contributed by atoms with Crippen LogP contribution in [-0.2, 0) is 0 Å². The van der Waals surface area contributed by atoms with Crippen LogP contribution in [0, 0.1) is 0 Å². The zero-order valence-electron chi connectivity index (χ0n) is 14.9. The highest BCUT2D eigenvalue weighted by Crippen LogP contribution is 2.26. The van der Waals surface area contributed by atoms with Crippen molar-refractivity contribution < 1.29 is 4.79 Å². The highest BCUT2D eigenvalue weighted by Gasteiger charge is 2.12. The van der Waals surface area contributed by atoms with Gasteiger partial charge in [0.2, 0.25) is 0 Å². The molecule has 1 aromatic heterocycles. The molecule has 3 rings (SSSR count). The molecule has 4 nitrogen and oxygen atoms in total. The quantitative estimate of drug-likeness (QED) is 0.509. The summed E-state index contributed by atoms with van der Waals surface area (Å²) in [4.78, 5) is 13.6. The third kappa shape index (κ3) is 5.03. The van der Waals surface area contributed by atoms with E-state index in [9.17, 15) is 4.79 Å².